The van der Waals surface area contributed by atoms with Crippen LogP contribution in [0.2, 0.25) is 0 Å². The summed E-state index contributed by atoms with van der Waals surface area (Å²) in [7, 11) is 0. The number of aromatic nitrogens is 1. The summed E-state index contributed by atoms with van der Waals surface area (Å²) in [5.41, 5.74) is 6.95. The number of benzene rings is 1. The standard InChI is InChI=1S/C19H26N2/c1-5-16-13-20-11-10-17(16)19(21-6-2)12-18-14(3)8-7-9-15(18)4/h7-11,13,19,21H,5-6,12H2,1-4H3. The SMILES string of the molecule is CCNC(Cc1c(C)cccc1C)c1ccncc1CC. The van der Waals surface area contributed by atoms with E-state index in [0.717, 1.165) is 19.4 Å². The molecule has 0 aliphatic carbocycles. The van der Waals surface area contributed by atoms with Gasteiger partial charge in [-0.1, -0.05) is 32.0 Å². The van der Waals surface area contributed by atoms with Gasteiger partial charge in [0.1, 0.15) is 0 Å². The van der Waals surface area contributed by atoms with Gasteiger partial charge in [0, 0.05) is 18.4 Å². The summed E-state index contributed by atoms with van der Waals surface area (Å²) < 4.78 is 0. The fourth-order valence-corrected chi connectivity index (χ4v) is 2.99. The van der Waals surface area contributed by atoms with Gasteiger partial charge in [-0.05, 0) is 67.1 Å². The van der Waals surface area contributed by atoms with E-state index in [1.807, 2.05) is 12.4 Å². The fraction of sp³-hybridized carbons (Fsp3) is 0.421. The Morgan fingerprint density at radius 1 is 1.10 bits per heavy atom. The Morgan fingerprint density at radius 3 is 2.43 bits per heavy atom. The second-order valence-corrected chi connectivity index (χ2v) is 5.61. The molecule has 1 heterocycles. The quantitative estimate of drug-likeness (QED) is 0.860. The van der Waals surface area contributed by atoms with Crippen LogP contribution in [-0.2, 0) is 12.8 Å². The van der Waals surface area contributed by atoms with Gasteiger partial charge in [0.05, 0.1) is 0 Å². The first-order valence-corrected chi connectivity index (χ1v) is 7.88. The van der Waals surface area contributed by atoms with Crippen molar-refractivity contribution in [1.29, 1.82) is 0 Å². The maximum Gasteiger partial charge on any atom is 0.0364 e. The molecule has 0 aliphatic heterocycles. The molecule has 2 nitrogen and oxygen atoms in total. The topological polar surface area (TPSA) is 24.9 Å². The monoisotopic (exact) mass is 282 g/mol. The molecule has 2 aromatic rings. The van der Waals surface area contributed by atoms with Crippen LogP contribution in [0.3, 0.4) is 0 Å². The lowest BCUT2D eigenvalue weighted by molar-refractivity contribution is 0.543. The first-order valence-electron chi connectivity index (χ1n) is 7.88. The van der Waals surface area contributed by atoms with Gasteiger partial charge in [-0.25, -0.2) is 0 Å². The highest BCUT2D eigenvalue weighted by Gasteiger charge is 2.16. The summed E-state index contributed by atoms with van der Waals surface area (Å²) in [5.74, 6) is 0. The van der Waals surface area contributed by atoms with Gasteiger partial charge in [-0.15, -0.1) is 0 Å². The largest absolute Gasteiger partial charge is 0.310 e. The maximum atomic E-state index is 4.27. The molecule has 0 aliphatic rings. The summed E-state index contributed by atoms with van der Waals surface area (Å²) in [6.07, 6.45) is 5.97. The van der Waals surface area contributed by atoms with Crippen molar-refractivity contribution in [3.05, 3.63) is 64.5 Å². The van der Waals surface area contributed by atoms with Crippen molar-refractivity contribution in [3.8, 4) is 0 Å². The lowest BCUT2D eigenvalue weighted by Gasteiger charge is -2.23. The Balaban J connectivity index is 2.35. The number of rotatable bonds is 6. The lowest BCUT2D eigenvalue weighted by atomic mass is 9.91. The van der Waals surface area contributed by atoms with Gasteiger partial charge in [-0.3, -0.25) is 4.98 Å². The van der Waals surface area contributed by atoms with E-state index in [2.05, 4.69) is 62.3 Å². The average Bonchev–Trinajstić information content (AvgIpc) is 2.50. The second kappa shape index (κ2) is 7.37. The molecule has 21 heavy (non-hydrogen) atoms. The summed E-state index contributed by atoms with van der Waals surface area (Å²) >= 11 is 0. The smallest absolute Gasteiger partial charge is 0.0364 e. The molecule has 112 valence electrons. The van der Waals surface area contributed by atoms with Crippen LogP contribution in [-0.4, -0.2) is 11.5 Å². The minimum absolute atomic E-state index is 0.354. The number of nitrogens with zero attached hydrogens (tertiary/aromatic N) is 1. The molecular weight excluding hydrogens is 256 g/mol. The van der Waals surface area contributed by atoms with E-state index in [9.17, 15) is 0 Å². The van der Waals surface area contributed by atoms with Crippen molar-refractivity contribution >= 4 is 0 Å². The molecule has 0 radical (unpaired) electrons. The number of likely N-dealkylation sites (N-methyl/N-ethyl adjacent to an activating group) is 1. The first-order chi connectivity index (χ1) is 10.2. The number of aryl methyl sites for hydroxylation is 3. The van der Waals surface area contributed by atoms with Gasteiger partial charge < -0.3 is 5.32 Å². The number of nitrogens with one attached hydrogen (secondary N) is 1. The van der Waals surface area contributed by atoms with Gasteiger partial charge in [0.25, 0.3) is 0 Å². The predicted octanol–water partition coefficient (Wildman–Crippen LogP) is 4.15. The van der Waals surface area contributed by atoms with Crippen LogP contribution >= 0.6 is 0 Å². The van der Waals surface area contributed by atoms with Crippen LogP contribution in [0.15, 0.2) is 36.7 Å². The highest BCUT2D eigenvalue weighted by Crippen LogP contribution is 2.25. The van der Waals surface area contributed by atoms with Gasteiger partial charge in [0.2, 0.25) is 0 Å². The van der Waals surface area contributed by atoms with Crippen molar-refractivity contribution in [1.82, 2.24) is 10.3 Å². The Morgan fingerprint density at radius 2 is 1.81 bits per heavy atom. The summed E-state index contributed by atoms with van der Waals surface area (Å²) in [5, 5.41) is 3.65. The highest BCUT2D eigenvalue weighted by molar-refractivity contribution is 5.36. The Labute approximate surface area is 128 Å². The molecule has 2 heteroatoms. The van der Waals surface area contributed by atoms with Crippen molar-refractivity contribution in [2.24, 2.45) is 0 Å². The van der Waals surface area contributed by atoms with E-state index in [-0.39, 0.29) is 0 Å². The Bertz CT molecular complexity index is 570. The fourth-order valence-electron chi connectivity index (χ4n) is 2.99. The van der Waals surface area contributed by atoms with E-state index in [1.54, 1.807) is 0 Å². The highest BCUT2D eigenvalue weighted by atomic mass is 14.9. The van der Waals surface area contributed by atoms with Crippen LogP contribution in [0.4, 0.5) is 0 Å². The molecule has 2 rings (SSSR count). The number of hydrogen-bond acceptors (Lipinski definition) is 2. The average molecular weight is 282 g/mol. The molecule has 1 aromatic carbocycles. The predicted molar refractivity (Wildman–Crippen MR) is 89.7 cm³/mol. The van der Waals surface area contributed by atoms with E-state index >= 15 is 0 Å². The first kappa shape index (κ1) is 15.7. The van der Waals surface area contributed by atoms with Crippen LogP contribution in [0.1, 0.15) is 47.7 Å². The molecule has 0 amide bonds. The third-order valence-electron chi connectivity index (χ3n) is 4.20. The zero-order chi connectivity index (χ0) is 15.2. The molecule has 1 atom stereocenters. The number of pyridine rings is 1. The zero-order valence-corrected chi connectivity index (χ0v) is 13.6. The van der Waals surface area contributed by atoms with Crippen molar-refractivity contribution in [2.45, 2.75) is 46.6 Å². The molecular formula is C19H26N2. The van der Waals surface area contributed by atoms with Crippen LogP contribution in [0.25, 0.3) is 0 Å². The summed E-state index contributed by atoms with van der Waals surface area (Å²) in [6, 6.07) is 9.07. The lowest BCUT2D eigenvalue weighted by Crippen LogP contribution is -2.24. The van der Waals surface area contributed by atoms with Crippen molar-refractivity contribution < 1.29 is 0 Å². The zero-order valence-electron chi connectivity index (χ0n) is 13.6. The second-order valence-electron chi connectivity index (χ2n) is 5.61. The third-order valence-corrected chi connectivity index (χ3v) is 4.20. The van der Waals surface area contributed by atoms with Gasteiger partial charge in [-0.2, -0.15) is 0 Å². The van der Waals surface area contributed by atoms with E-state index < -0.39 is 0 Å². The molecule has 0 spiro atoms. The van der Waals surface area contributed by atoms with Gasteiger partial charge >= 0.3 is 0 Å². The molecule has 1 aromatic heterocycles. The molecule has 0 fully saturated rings. The van der Waals surface area contributed by atoms with Crippen LogP contribution < -0.4 is 5.32 Å². The molecule has 1 N–H and O–H groups in total. The van der Waals surface area contributed by atoms with Crippen molar-refractivity contribution in [2.75, 3.05) is 6.54 Å². The maximum absolute atomic E-state index is 4.27. The normalized spacial score (nSPS) is 12.4. The van der Waals surface area contributed by atoms with Crippen LogP contribution in [0.5, 0.6) is 0 Å². The number of hydrogen-bond donors (Lipinski definition) is 1. The molecule has 0 saturated heterocycles. The minimum Gasteiger partial charge on any atom is -0.310 e. The van der Waals surface area contributed by atoms with Crippen molar-refractivity contribution in [3.63, 3.8) is 0 Å². The Kier molecular flexibility index (Phi) is 5.51. The van der Waals surface area contributed by atoms with Crippen LogP contribution in [0, 0.1) is 13.8 Å². The minimum atomic E-state index is 0.354. The molecule has 1 unspecified atom stereocenters. The Hall–Kier alpha value is -1.67. The molecule has 0 saturated carbocycles. The van der Waals surface area contributed by atoms with Gasteiger partial charge in [0.15, 0.2) is 0 Å². The van der Waals surface area contributed by atoms with E-state index in [0.29, 0.717) is 6.04 Å². The summed E-state index contributed by atoms with van der Waals surface area (Å²) in [6.45, 7) is 9.76. The summed E-state index contributed by atoms with van der Waals surface area (Å²) in [4.78, 5) is 4.27. The van der Waals surface area contributed by atoms with E-state index in [1.165, 1.54) is 27.8 Å². The van der Waals surface area contributed by atoms with E-state index in [4.69, 9.17) is 0 Å². The third kappa shape index (κ3) is 3.70. The molecule has 0 bridgehead atoms.